The molecule has 4 rings (SSSR count). The number of nitrogens with one attached hydrogen (secondary N) is 1. The number of carbonyl (C=O) groups is 1. The maximum absolute atomic E-state index is 13.1. The highest BCUT2D eigenvalue weighted by molar-refractivity contribution is 5.92. The van der Waals surface area contributed by atoms with Crippen LogP contribution in [0.15, 0.2) is 59.4 Å². The monoisotopic (exact) mass is 434 g/mol. The summed E-state index contributed by atoms with van der Waals surface area (Å²) in [4.78, 5) is 29.3. The molecule has 0 bridgehead atoms. The summed E-state index contributed by atoms with van der Waals surface area (Å²) < 4.78 is 5.86. The Morgan fingerprint density at radius 3 is 2.28 bits per heavy atom. The second-order valence-electron chi connectivity index (χ2n) is 9.21. The molecule has 0 aliphatic carbocycles. The molecule has 2 heterocycles. The predicted molar refractivity (Wildman–Crippen MR) is 127 cm³/mol. The Kier molecular flexibility index (Phi) is 6.02. The highest BCUT2D eigenvalue weighted by atomic mass is 16.5. The van der Waals surface area contributed by atoms with Crippen LogP contribution < -0.4 is 15.9 Å². The normalized spacial score (nSPS) is 19.2. The predicted octanol–water partition coefficient (Wildman–Crippen LogP) is 3.45. The molecule has 1 aromatic heterocycles. The van der Waals surface area contributed by atoms with Gasteiger partial charge in [-0.2, -0.15) is 0 Å². The van der Waals surface area contributed by atoms with E-state index in [0.717, 1.165) is 15.7 Å². The quantitative estimate of drug-likeness (QED) is 0.666. The average molecular weight is 435 g/mol. The number of rotatable bonds is 5. The summed E-state index contributed by atoms with van der Waals surface area (Å²) in [5.41, 5.74) is 3.06. The fourth-order valence-corrected chi connectivity index (χ4v) is 4.38. The Labute approximate surface area is 188 Å². The molecule has 1 fully saturated rings. The molecule has 7 heteroatoms. The molecule has 1 aliphatic rings. The number of hydrogen-bond donors (Lipinski definition) is 1. The number of carbonyl (C=O) groups excluding carboxylic acids is 1. The van der Waals surface area contributed by atoms with E-state index >= 15 is 0 Å². The zero-order valence-corrected chi connectivity index (χ0v) is 19.0. The minimum Gasteiger partial charge on any atom is -0.372 e. The number of anilines is 1. The smallest absolute Gasteiger partial charge is 0.294 e. The summed E-state index contributed by atoms with van der Waals surface area (Å²) in [6, 6.07) is 17.3. The standard InChI is InChI=1S/C25H30N4O3/c1-17-15-28(16-18(2)32-17)23-20-12-8-9-13-21(20)24(31)29(27-23)26-22(30)14-25(3,4)19-10-6-5-7-11-19/h5-13,17-18H,14-16H2,1-4H3,(H,26,30). The van der Waals surface area contributed by atoms with Gasteiger partial charge in [0.1, 0.15) is 0 Å². The van der Waals surface area contributed by atoms with Crippen molar-refractivity contribution in [2.75, 3.05) is 23.4 Å². The van der Waals surface area contributed by atoms with Gasteiger partial charge in [-0.3, -0.25) is 9.59 Å². The maximum Gasteiger partial charge on any atom is 0.294 e. The van der Waals surface area contributed by atoms with Crippen molar-refractivity contribution in [1.29, 1.82) is 0 Å². The molecule has 0 radical (unpaired) electrons. The van der Waals surface area contributed by atoms with Crippen LogP contribution in [-0.4, -0.2) is 41.1 Å². The molecule has 0 saturated carbocycles. The molecule has 3 aromatic rings. The van der Waals surface area contributed by atoms with Crippen LogP contribution in [0.1, 0.15) is 39.7 Å². The van der Waals surface area contributed by atoms with Gasteiger partial charge in [-0.25, -0.2) is 5.43 Å². The van der Waals surface area contributed by atoms with E-state index in [0.29, 0.717) is 24.3 Å². The van der Waals surface area contributed by atoms with Gasteiger partial charge in [0.25, 0.3) is 5.56 Å². The number of aromatic nitrogens is 2. The van der Waals surface area contributed by atoms with Crippen LogP contribution in [0.5, 0.6) is 0 Å². The van der Waals surface area contributed by atoms with Gasteiger partial charge < -0.3 is 9.64 Å². The Morgan fingerprint density at radius 2 is 1.62 bits per heavy atom. The van der Waals surface area contributed by atoms with Crippen LogP contribution in [0.3, 0.4) is 0 Å². The molecule has 2 atom stereocenters. The molecule has 1 saturated heterocycles. The lowest BCUT2D eigenvalue weighted by Crippen LogP contribution is -2.47. The third-order valence-electron chi connectivity index (χ3n) is 5.89. The van der Waals surface area contributed by atoms with Gasteiger partial charge >= 0.3 is 0 Å². The minimum atomic E-state index is -0.385. The Morgan fingerprint density at radius 1 is 1.03 bits per heavy atom. The maximum atomic E-state index is 13.1. The summed E-state index contributed by atoms with van der Waals surface area (Å²) in [6.07, 6.45) is 0.306. The first-order chi connectivity index (χ1) is 15.2. The summed E-state index contributed by atoms with van der Waals surface area (Å²) in [5, 5.41) is 5.87. The summed E-state index contributed by atoms with van der Waals surface area (Å²) in [7, 11) is 0. The fraction of sp³-hybridized carbons (Fsp3) is 0.400. The van der Waals surface area contributed by atoms with E-state index in [1.54, 1.807) is 6.07 Å². The number of fused-ring (bicyclic) bond motifs is 1. The van der Waals surface area contributed by atoms with Crippen molar-refractivity contribution in [3.63, 3.8) is 0 Å². The number of ether oxygens (including phenoxy) is 1. The highest BCUT2D eigenvalue weighted by Crippen LogP contribution is 2.27. The lowest BCUT2D eigenvalue weighted by atomic mass is 9.81. The lowest BCUT2D eigenvalue weighted by Gasteiger charge is -2.36. The van der Waals surface area contributed by atoms with Crippen molar-refractivity contribution in [2.24, 2.45) is 0 Å². The second-order valence-corrected chi connectivity index (χ2v) is 9.21. The van der Waals surface area contributed by atoms with E-state index < -0.39 is 0 Å². The molecule has 1 amide bonds. The SMILES string of the molecule is CC1CN(c2nn(NC(=O)CC(C)(C)c3ccccc3)c(=O)c3ccccc23)CC(C)O1. The first kappa shape index (κ1) is 22.0. The van der Waals surface area contributed by atoms with E-state index in [9.17, 15) is 9.59 Å². The first-order valence-electron chi connectivity index (χ1n) is 11.0. The van der Waals surface area contributed by atoms with Gasteiger partial charge in [-0.1, -0.05) is 62.4 Å². The Bertz CT molecular complexity index is 1160. The topological polar surface area (TPSA) is 76.5 Å². The third kappa shape index (κ3) is 4.53. The van der Waals surface area contributed by atoms with Crippen molar-refractivity contribution in [3.8, 4) is 0 Å². The van der Waals surface area contributed by atoms with E-state index in [4.69, 9.17) is 4.74 Å². The molecule has 1 aliphatic heterocycles. The van der Waals surface area contributed by atoms with E-state index in [2.05, 4.69) is 15.4 Å². The molecule has 1 N–H and O–H groups in total. The van der Waals surface area contributed by atoms with Crippen LogP contribution in [0.2, 0.25) is 0 Å². The fourth-order valence-electron chi connectivity index (χ4n) is 4.38. The van der Waals surface area contributed by atoms with Crippen molar-refractivity contribution < 1.29 is 9.53 Å². The van der Waals surface area contributed by atoms with Gasteiger partial charge in [-0.15, -0.1) is 9.89 Å². The third-order valence-corrected chi connectivity index (χ3v) is 5.89. The molecule has 0 spiro atoms. The molecule has 7 nitrogen and oxygen atoms in total. The molecule has 2 aromatic carbocycles. The molecular formula is C25H30N4O3. The highest BCUT2D eigenvalue weighted by Gasteiger charge is 2.27. The largest absolute Gasteiger partial charge is 0.372 e. The minimum absolute atomic E-state index is 0.0425. The van der Waals surface area contributed by atoms with Gasteiger partial charge in [0.2, 0.25) is 5.91 Å². The Balaban J connectivity index is 1.66. The zero-order chi connectivity index (χ0) is 22.9. The number of hydrogen-bond acceptors (Lipinski definition) is 5. The van der Waals surface area contributed by atoms with Crippen molar-refractivity contribution >= 4 is 22.5 Å². The van der Waals surface area contributed by atoms with Gasteiger partial charge in [0.15, 0.2) is 5.82 Å². The van der Waals surface area contributed by atoms with E-state index in [1.807, 2.05) is 76.2 Å². The van der Waals surface area contributed by atoms with Crippen molar-refractivity contribution in [3.05, 3.63) is 70.5 Å². The number of amides is 1. The second kappa shape index (κ2) is 8.74. The zero-order valence-electron chi connectivity index (χ0n) is 19.0. The van der Waals surface area contributed by atoms with Crippen LogP contribution in [0.25, 0.3) is 10.8 Å². The first-order valence-corrected chi connectivity index (χ1v) is 11.0. The molecule has 2 unspecified atom stereocenters. The average Bonchev–Trinajstić information content (AvgIpc) is 2.75. The van der Waals surface area contributed by atoms with Gasteiger partial charge in [-0.05, 0) is 30.9 Å². The van der Waals surface area contributed by atoms with Crippen molar-refractivity contribution in [1.82, 2.24) is 9.89 Å². The van der Waals surface area contributed by atoms with Crippen LogP contribution in [0, 0.1) is 0 Å². The molecular weight excluding hydrogens is 404 g/mol. The molecule has 32 heavy (non-hydrogen) atoms. The van der Waals surface area contributed by atoms with Crippen molar-refractivity contribution in [2.45, 2.75) is 51.7 Å². The summed E-state index contributed by atoms with van der Waals surface area (Å²) in [5.74, 6) is 0.406. The van der Waals surface area contributed by atoms with Gasteiger partial charge in [0.05, 0.1) is 17.6 Å². The van der Waals surface area contributed by atoms with Crippen LogP contribution in [-0.2, 0) is 14.9 Å². The number of nitrogens with zero attached hydrogens (tertiary/aromatic N) is 3. The van der Waals surface area contributed by atoms with Crippen LogP contribution >= 0.6 is 0 Å². The Hall–Kier alpha value is -3.19. The summed E-state index contributed by atoms with van der Waals surface area (Å²) in [6.45, 7) is 9.40. The van der Waals surface area contributed by atoms with Crippen LogP contribution in [0.4, 0.5) is 5.82 Å². The number of morpholine rings is 1. The summed E-state index contributed by atoms with van der Waals surface area (Å²) >= 11 is 0. The van der Waals surface area contributed by atoms with Gasteiger partial charge in [0, 0.05) is 24.9 Å². The van der Waals surface area contributed by atoms with E-state index in [-0.39, 0.29) is 35.5 Å². The van der Waals surface area contributed by atoms with E-state index in [1.165, 1.54) is 0 Å². The number of benzene rings is 2. The lowest BCUT2D eigenvalue weighted by molar-refractivity contribution is -0.118. The molecule has 168 valence electrons.